The molecule has 2 heterocycles. The van der Waals surface area contributed by atoms with Crippen molar-refractivity contribution in [2.24, 2.45) is 7.05 Å². The molecule has 0 spiro atoms. The summed E-state index contributed by atoms with van der Waals surface area (Å²) in [6.07, 6.45) is 0. The number of anilines is 1. The maximum atomic E-state index is 12.6. The third-order valence-electron chi connectivity index (χ3n) is 4.09. The smallest absolute Gasteiger partial charge is 0.257 e. The minimum atomic E-state index is -0.247. The van der Waals surface area contributed by atoms with E-state index in [1.807, 2.05) is 35.7 Å². The van der Waals surface area contributed by atoms with Gasteiger partial charge in [-0.3, -0.25) is 10.1 Å². The normalized spacial score (nSPS) is 10.6. The Morgan fingerprint density at radius 3 is 2.75 bits per heavy atom. The molecule has 4 rings (SSSR count). The Bertz CT molecular complexity index is 1140. The summed E-state index contributed by atoms with van der Waals surface area (Å²) in [6, 6.07) is 14.8. The van der Waals surface area contributed by atoms with Crippen LogP contribution >= 0.6 is 11.3 Å². The average molecular weight is 392 g/mol. The molecule has 9 heteroatoms. The van der Waals surface area contributed by atoms with Crippen molar-refractivity contribution >= 4 is 22.4 Å². The number of carbonyl (C=O) groups is 1. The minimum Gasteiger partial charge on any atom is -0.497 e. The van der Waals surface area contributed by atoms with Gasteiger partial charge in [0.05, 0.1) is 12.8 Å². The van der Waals surface area contributed by atoms with Crippen molar-refractivity contribution < 1.29 is 9.53 Å². The topological polar surface area (TPSA) is 94.8 Å². The molecule has 8 nitrogen and oxygen atoms in total. The number of thiazole rings is 1. The lowest BCUT2D eigenvalue weighted by Gasteiger charge is -2.04. The van der Waals surface area contributed by atoms with Gasteiger partial charge in [-0.25, -0.2) is 9.67 Å². The standard InChI is InChI=1S/C19H16N6O2S/c1-25-17(22-23-24-25)13-6-3-7-14(9-13)18(26)21-19-20-16(11-28-19)12-5-4-8-15(10-12)27-2/h3-11H,1-2H3,(H,20,21,26). The number of carbonyl (C=O) groups excluding carboxylic acids is 1. The van der Waals surface area contributed by atoms with Crippen LogP contribution in [0.4, 0.5) is 5.13 Å². The number of hydrogen-bond acceptors (Lipinski definition) is 7. The average Bonchev–Trinajstić information content (AvgIpc) is 3.37. The van der Waals surface area contributed by atoms with Crippen molar-refractivity contribution in [1.29, 1.82) is 0 Å². The number of hydrogen-bond donors (Lipinski definition) is 1. The first kappa shape index (κ1) is 17.8. The second-order valence-electron chi connectivity index (χ2n) is 5.93. The number of aromatic nitrogens is 5. The van der Waals surface area contributed by atoms with Crippen molar-refractivity contribution in [3.05, 3.63) is 59.5 Å². The monoisotopic (exact) mass is 392 g/mol. The highest BCUT2D eigenvalue weighted by molar-refractivity contribution is 7.14. The zero-order chi connectivity index (χ0) is 19.5. The fourth-order valence-electron chi connectivity index (χ4n) is 2.69. The first-order valence-electron chi connectivity index (χ1n) is 8.38. The fourth-order valence-corrected chi connectivity index (χ4v) is 3.40. The van der Waals surface area contributed by atoms with E-state index in [2.05, 4.69) is 25.8 Å². The lowest BCUT2D eigenvalue weighted by atomic mass is 10.1. The molecule has 4 aromatic rings. The summed E-state index contributed by atoms with van der Waals surface area (Å²) in [5.41, 5.74) is 2.96. The Morgan fingerprint density at radius 1 is 1.14 bits per heavy atom. The Morgan fingerprint density at radius 2 is 1.96 bits per heavy atom. The van der Waals surface area contributed by atoms with Crippen molar-refractivity contribution in [2.75, 3.05) is 12.4 Å². The van der Waals surface area contributed by atoms with Crippen LogP contribution < -0.4 is 10.1 Å². The van der Waals surface area contributed by atoms with E-state index in [1.54, 1.807) is 37.0 Å². The van der Waals surface area contributed by atoms with E-state index in [9.17, 15) is 4.79 Å². The van der Waals surface area contributed by atoms with E-state index in [1.165, 1.54) is 11.3 Å². The van der Waals surface area contributed by atoms with Crippen LogP contribution in [0.1, 0.15) is 10.4 Å². The van der Waals surface area contributed by atoms with Gasteiger partial charge in [0.25, 0.3) is 5.91 Å². The maximum absolute atomic E-state index is 12.6. The Labute approximate surface area is 164 Å². The predicted molar refractivity (Wildman–Crippen MR) is 106 cm³/mol. The molecule has 0 saturated carbocycles. The largest absolute Gasteiger partial charge is 0.497 e. The van der Waals surface area contributed by atoms with Gasteiger partial charge < -0.3 is 4.74 Å². The molecule has 0 unspecified atom stereocenters. The summed E-state index contributed by atoms with van der Waals surface area (Å²) in [4.78, 5) is 17.1. The second-order valence-corrected chi connectivity index (χ2v) is 6.79. The van der Waals surface area contributed by atoms with E-state index < -0.39 is 0 Å². The number of ether oxygens (including phenoxy) is 1. The Balaban J connectivity index is 1.53. The van der Waals surface area contributed by atoms with Crippen molar-refractivity contribution in [3.8, 4) is 28.4 Å². The molecule has 0 bridgehead atoms. The number of amides is 1. The number of nitrogens with zero attached hydrogens (tertiary/aromatic N) is 5. The number of rotatable bonds is 5. The lowest BCUT2D eigenvalue weighted by Crippen LogP contribution is -2.11. The van der Waals surface area contributed by atoms with Crippen molar-refractivity contribution in [3.63, 3.8) is 0 Å². The van der Waals surface area contributed by atoms with E-state index in [0.717, 1.165) is 22.6 Å². The van der Waals surface area contributed by atoms with E-state index in [0.29, 0.717) is 16.5 Å². The van der Waals surface area contributed by atoms with Crippen LogP contribution in [0.5, 0.6) is 5.75 Å². The SMILES string of the molecule is COc1cccc(-c2csc(NC(=O)c3cccc(-c4nnnn4C)c3)n2)c1. The summed E-state index contributed by atoms with van der Waals surface area (Å²) in [5, 5.41) is 16.7. The van der Waals surface area contributed by atoms with Crippen LogP contribution in [0, 0.1) is 0 Å². The minimum absolute atomic E-state index is 0.247. The van der Waals surface area contributed by atoms with Gasteiger partial charge in [-0.1, -0.05) is 24.3 Å². The molecule has 0 radical (unpaired) electrons. The molecule has 0 saturated heterocycles. The molecule has 2 aromatic carbocycles. The molecule has 0 atom stereocenters. The zero-order valence-electron chi connectivity index (χ0n) is 15.2. The van der Waals surface area contributed by atoms with Gasteiger partial charge in [0.2, 0.25) is 0 Å². The fraction of sp³-hybridized carbons (Fsp3) is 0.105. The molecular formula is C19H16N6O2S. The molecular weight excluding hydrogens is 376 g/mol. The van der Waals surface area contributed by atoms with Gasteiger partial charge in [-0.2, -0.15) is 0 Å². The third kappa shape index (κ3) is 3.60. The third-order valence-corrected chi connectivity index (χ3v) is 4.85. The van der Waals surface area contributed by atoms with E-state index >= 15 is 0 Å². The zero-order valence-corrected chi connectivity index (χ0v) is 16.0. The molecule has 2 aromatic heterocycles. The van der Waals surface area contributed by atoms with Crippen LogP contribution in [0.15, 0.2) is 53.9 Å². The molecule has 28 heavy (non-hydrogen) atoms. The predicted octanol–water partition coefficient (Wildman–Crippen LogP) is 3.26. The molecule has 0 aliphatic carbocycles. The van der Waals surface area contributed by atoms with Gasteiger partial charge in [0.15, 0.2) is 11.0 Å². The Hall–Kier alpha value is -3.59. The molecule has 1 amide bonds. The second kappa shape index (κ2) is 7.57. The van der Waals surface area contributed by atoms with Crippen molar-refractivity contribution in [2.45, 2.75) is 0 Å². The van der Waals surface area contributed by atoms with Crippen LogP contribution in [-0.4, -0.2) is 38.2 Å². The molecule has 0 fully saturated rings. The van der Waals surface area contributed by atoms with E-state index in [4.69, 9.17) is 4.74 Å². The van der Waals surface area contributed by atoms with Gasteiger partial charge in [-0.15, -0.1) is 16.4 Å². The highest BCUT2D eigenvalue weighted by Gasteiger charge is 2.13. The summed E-state index contributed by atoms with van der Waals surface area (Å²) in [7, 11) is 3.37. The Kier molecular flexibility index (Phi) is 4.81. The number of tetrazole rings is 1. The number of nitrogens with one attached hydrogen (secondary N) is 1. The highest BCUT2D eigenvalue weighted by Crippen LogP contribution is 2.28. The first-order chi connectivity index (χ1) is 13.6. The highest BCUT2D eigenvalue weighted by atomic mass is 32.1. The van der Waals surface area contributed by atoms with Gasteiger partial charge in [-0.05, 0) is 34.7 Å². The molecule has 1 N–H and O–H groups in total. The van der Waals surface area contributed by atoms with Gasteiger partial charge >= 0.3 is 0 Å². The number of aryl methyl sites for hydroxylation is 1. The lowest BCUT2D eigenvalue weighted by molar-refractivity contribution is 0.102. The quantitative estimate of drug-likeness (QED) is 0.560. The molecule has 0 aliphatic heterocycles. The molecule has 140 valence electrons. The van der Waals surface area contributed by atoms with Crippen LogP contribution in [0.2, 0.25) is 0 Å². The van der Waals surface area contributed by atoms with Gasteiger partial charge in [0, 0.05) is 29.1 Å². The molecule has 0 aliphatic rings. The van der Waals surface area contributed by atoms with Crippen LogP contribution in [0.3, 0.4) is 0 Å². The summed E-state index contributed by atoms with van der Waals surface area (Å²) < 4.78 is 6.80. The van der Waals surface area contributed by atoms with Crippen molar-refractivity contribution in [1.82, 2.24) is 25.2 Å². The summed E-state index contributed by atoms with van der Waals surface area (Å²) in [5.74, 6) is 1.10. The van der Waals surface area contributed by atoms with Gasteiger partial charge in [0.1, 0.15) is 5.75 Å². The number of methoxy groups -OCH3 is 1. The first-order valence-corrected chi connectivity index (χ1v) is 9.26. The summed E-state index contributed by atoms with van der Waals surface area (Å²) >= 11 is 1.36. The number of benzene rings is 2. The maximum Gasteiger partial charge on any atom is 0.257 e. The summed E-state index contributed by atoms with van der Waals surface area (Å²) in [6.45, 7) is 0. The van der Waals surface area contributed by atoms with E-state index in [-0.39, 0.29) is 5.91 Å². The van der Waals surface area contributed by atoms with Crippen LogP contribution in [-0.2, 0) is 7.05 Å². The van der Waals surface area contributed by atoms with Crippen LogP contribution in [0.25, 0.3) is 22.6 Å².